The fourth-order valence-electron chi connectivity index (χ4n) is 3.95. The SMILES string of the molecule is CCCCOc1cccc(C2C(C(=O)Nc3ccc(C)cc3C)=C(C)Nc3ncnn32)c1. The molecule has 1 aliphatic heterocycles. The average Bonchev–Trinajstić information content (AvgIpc) is 3.23. The van der Waals surface area contributed by atoms with Crippen molar-refractivity contribution in [2.45, 2.75) is 46.6 Å². The minimum Gasteiger partial charge on any atom is -0.494 e. The van der Waals surface area contributed by atoms with E-state index in [0.717, 1.165) is 46.7 Å². The molecule has 166 valence electrons. The van der Waals surface area contributed by atoms with Crippen molar-refractivity contribution in [2.75, 3.05) is 17.2 Å². The lowest BCUT2D eigenvalue weighted by Crippen LogP contribution is -2.31. The number of hydrogen-bond donors (Lipinski definition) is 2. The van der Waals surface area contributed by atoms with Gasteiger partial charge < -0.3 is 15.4 Å². The first-order valence-corrected chi connectivity index (χ1v) is 11.0. The highest BCUT2D eigenvalue weighted by Crippen LogP contribution is 2.36. The smallest absolute Gasteiger partial charge is 0.255 e. The molecule has 1 unspecified atom stereocenters. The number of ether oxygens (including phenoxy) is 1. The van der Waals surface area contributed by atoms with E-state index < -0.39 is 6.04 Å². The van der Waals surface area contributed by atoms with Gasteiger partial charge in [0, 0.05) is 11.4 Å². The zero-order chi connectivity index (χ0) is 22.7. The van der Waals surface area contributed by atoms with E-state index in [0.29, 0.717) is 18.1 Å². The average molecular weight is 432 g/mol. The highest BCUT2D eigenvalue weighted by molar-refractivity contribution is 6.06. The Labute approximate surface area is 188 Å². The molecule has 1 atom stereocenters. The number of nitrogens with one attached hydrogen (secondary N) is 2. The third-order valence-electron chi connectivity index (χ3n) is 5.61. The van der Waals surface area contributed by atoms with Crippen molar-refractivity contribution in [1.29, 1.82) is 0 Å². The van der Waals surface area contributed by atoms with Crippen molar-refractivity contribution < 1.29 is 9.53 Å². The number of carbonyl (C=O) groups excluding carboxylic acids is 1. The molecule has 0 aliphatic carbocycles. The van der Waals surface area contributed by atoms with Crippen LogP contribution in [0.1, 0.15) is 49.4 Å². The lowest BCUT2D eigenvalue weighted by Gasteiger charge is -2.29. The van der Waals surface area contributed by atoms with E-state index >= 15 is 0 Å². The number of allylic oxidation sites excluding steroid dienone is 1. The summed E-state index contributed by atoms with van der Waals surface area (Å²) in [5.41, 5.74) is 5.21. The summed E-state index contributed by atoms with van der Waals surface area (Å²) in [6.45, 7) is 8.72. The quantitative estimate of drug-likeness (QED) is 0.515. The number of rotatable bonds is 7. The van der Waals surface area contributed by atoms with Crippen LogP contribution in [0.3, 0.4) is 0 Å². The summed E-state index contributed by atoms with van der Waals surface area (Å²) in [7, 11) is 0. The highest BCUT2D eigenvalue weighted by atomic mass is 16.5. The van der Waals surface area contributed by atoms with Crippen molar-refractivity contribution in [3.8, 4) is 5.75 Å². The molecule has 2 heterocycles. The molecule has 2 N–H and O–H groups in total. The molecule has 0 spiro atoms. The monoisotopic (exact) mass is 431 g/mol. The van der Waals surface area contributed by atoms with Gasteiger partial charge in [0.1, 0.15) is 18.1 Å². The molecule has 0 saturated carbocycles. The Morgan fingerprint density at radius 3 is 2.81 bits per heavy atom. The van der Waals surface area contributed by atoms with E-state index in [1.165, 1.54) is 6.33 Å². The molecule has 4 rings (SSSR count). The number of hydrogen-bond acceptors (Lipinski definition) is 5. The number of anilines is 2. The molecule has 0 fully saturated rings. The lowest BCUT2D eigenvalue weighted by molar-refractivity contribution is -0.113. The van der Waals surface area contributed by atoms with Gasteiger partial charge in [-0.05, 0) is 56.5 Å². The second-order valence-corrected chi connectivity index (χ2v) is 8.14. The summed E-state index contributed by atoms with van der Waals surface area (Å²) in [6.07, 6.45) is 3.56. The Balaban J connectivity index is 1.70. The second kappa shape index (κ2) is 9.26. The summed E-state index contributed by atoms with van der Waals surface area (Å²) in [4.78, 5) is 17.8. The van der Waals surface area contributed by atoms with Crippen molar-refractivity contribution in [1.82, 2.24) is 14.8 Å². The first-order valence-electron chi connectivity index (χ1n) is 11.0. The largest absolute Gasteiger partial charge is 0.494 e. The molecule has 7 heteroatoms. The number of aromatic nitrogens is 3. The molecular formula is C25H29N5O2. The molecule has 1 aromatic heterocycles. The van der Waals surface area contributed by atoms with E-state index in [4.69, 9.17) is 4.74 Å². The Kier molecular flexibility index (Phi) is 6.25. The minimum absolute atomic E-state index is 0.176. The van der Waals surface area contributed by atoms with Gasteiger partial charge in [0.05, 0.1) is 12.2 Å². The van der Waals surface area contributed by atoms with Gasteiger partial charge in [-0.15, -0.1) is 0 Å². The fourth-order valence-corrected chi connectivity index (χ4v) is 3.95. The number of aryl methyl sites for hydroxylation is 2. The van der Waals surface area contributed by atoms with Crippen LogP contribution in [0.5, 0.6) is 5.75 Å². The number of amides is 1. The number of benzene rings is 2. The molecule has 0 saturated heterocycles. The summed E-state index contributed by atoms with van der Waals surface area (Å²) in [5, 5.41) is 10.7. The standard InChI is InChI=1S/C25H29N5O2/c1-5-6-12-32-20-9-7-8-19(14-20)23-22(18(4)28-25-26-15-27-30(23)25)24(31)29-21-11-10-16(2)13-17(21)3/h7-11,13-15,23H,5-6,12H2,1-4H3,(H,29,31)(H,26,27,28). The van der Waals surface area contributed by atoms with Crippen LogP contribution in [-0.4, -0.2) is 27.3 Å². The Bertz CT molecular complexity index is 1160. The van der Waals surface area contributed by atoms with Crippen LogP contribution in [0.15, 0.2) is 60.1 Å². The first kappa shape index (κ1) is 21.6. The summed E-state index contributed by atoms with van der Waals surface area (Å²) >= 11 is 0. The molecular weight excluding hydrogens is 402 g/mol. The van der Waals surface area contributed by atoms with Gasteiger partial charge in [0.15, 0.2) is 0 Å². The van der Waals surface area contributed by atoms with Gasteiger partial charge >= 0.3 is 0 Å². The van der Waals surface area contributed by atoms with Gasteiger partial charge in [-0.25, -0.2) is 4.68 Å². The van der Waals surface area contributed by atoms with Crippen molar-refractivity contribution in [3.05, 3.63) is 76.8 Å². The molecule has 2 aromatic carbocycles. The van der Waals surface area contributed by atoms with Crippen molar-refractivity contribution >= 4 is 17.5 Å². The van der Waals surface area contributed by atoms with Crippen molar-refractivity contribution in [2.24, 2.45) is 0 Å². The van der Waals surface area contributed by atoms with E-state index in [2.05, 4.69) is 33.7 Å². The van der Waals surface area contributed by atoms with E-state index in [1.54, 1.807) is 4.68 Å². The Morgan fingerprint density at radius 2 is 2.03 bits per heavy atom. The predicted octanol–water partition coefficient (Wildman–Crippen LogP) is 5.00. The van der Waals surface area contributed by atoms with Gasteiger partial charge in [-0.3, -0.25) is 4.79 Å². The number of fused-ring (bicyclic) bond motifs is 1. The summed E-state index contributed by atoms with van der Waals surface area (Å²) < 4.78 is 7.66. The maximum Gasteiger partial charge on any atom is 0.255 e. The highest BCUT2D eigenvalue weighted by Gasteiger charge is 2.33. The van der Waals surface area contributed by atoms with Crippen LogP contribution >= 0.6 is 0 Å². The lowest BCUT2D eigenvalue weighted by atomic mass is 9.94. The van der Waals surface area contributed by atoms with Gasteiger partial charge in [0.2, 0.25) is 5.95 Å². The van der Waals surface area contributed by atoms with Crippen LogP contribution < -0.4 is 15.4 Å². The van der Waals surface area contributed by atoms with Crippen LogP contribution in [-0.2, 0) is 4.79 Å². The van der Waals surface area contributed by atoms with Crippen molar-refractivity contribution in [3.63, 3.8) is 0 Å². The summed E-state index contributed by atoms with van der Waals surface area (Å²) in [6, 6.07) is 13.4. The van der Waals surface area contributed by atoms with Crippen LogP contribution in [0, 0.1) is 13.8 Å². The molecule has 1 aliphatic rings. The maximum atomic E-state index is 13.5. The maximum absolute atomic E-state index is 13.5. The third-order valence-corrected chi connectivity index (χ3v) is 5.61. The molecule has 1 amide bonds. The second-order valence-electron chi connectivity index (χ2n) is 8.14. The predicted molar refractivity (Wildman–Crippen MR) is 126 cm³/mol. The van der Waals surface area contributed by atoms with E-state index in [9.17, 15) is 4.79 Å². The zero-order valence-corrected chi connectivity index (χ0v) is 19.0. The number of carbonyl (C=O) groups is 1. The Hall–Kier alpha value is -3.61. The van der Waals surface area contributed by atoms with E-state index in [1.807, 2.05) is 57.2 Å². The normalized spacial score (nSPS) is 15.2. The minimum atomic E-state index is -0.422. The van der Waals surface area contributed by atoms with Crippen LogP contribution in [0.2, 0.25) is 0 Å². The fraction of sp³-hybridized carbons (Fsp3) is 0.320. The van der Waals surface area contributed by atoms with Gasteiger partial charge in [-0.1, -0.05) is 43.2 Å². The molecule has 0 bridgehead atoms. The van der Waals surface area contributed by atoms with Gasteiger partial charge in [-0.2, -0.15) is 10.1 Å². The third kappa shape index (κ3) is 4.37. The topological polar surface area (TPSA) is 81.1 Å². The molecule has 7 nitrogen and oxygen atoms in total. The number of unbranched alkanes of at least 4 members (excludes halogenated alkanes) is 1. The summed E-state index contributed by atoms with van der Waals surface area (Å²) in [5.74, 6) is 1.21. The first-order chi connectivity index (χ1) is 15.5. The Morgan fingerprint density at radius 1 is 1.19 bits per heavy atom. The molecule has 3 aromatic rings. The number of nitrogens with zero attached hydrogens (tertiary/aromatic N) is 3. The van der Waals surface area contributed by atoms with Crippen LogP contribution in [0.25, 0.3) is 0 Å². The van der Waals surface area contributed by atoms with E-state index in [-0.39, 0.29) is 5.91 Å². The van der Waals surface area contributed by atoms with Crippen LogP contribution in [0.4, 0.5) is 11.6 Å². The van der Waals surface area contributed by atoms with Gasteiger partial charge in [0.25, 0.3) is 5.91 Å². The molecule has 0 radical (unpaired) electrons. The molecule has 32 heavy (non-hydrogen) atoms. The zero-order valence-electron chi connectivity index (χ0n) is 19.0.